The SMILES string of the molecule is Cc1[nH]c(C(=O)OCC(=O)NCCN2C(=O)CSC2=O)c(C)c1[C@H](C)O. The van der Waals surface area contributed by atoms with Crippen LogP contribution in [0, 0.1) is 13.8 Å². The number of nitrogens with one attached hydrogen (secondary N) is 2. The van der Waals surface area contributed by atoms with Gasteiger partial charge in [-0.05, 0) is 26.3 Å². The number of H-pyrrole nitrogens is 1. The summed E-state index contributed by atoms with van der Waals surface area (Å²) in [7, 11) is 0. The highest BCUT2D eigenvalue weighted by Crippen LogP contribution is 2.24. The maximum absolute atomic E-state index is 12.1. The van der Waals surface area contributed by atoms with Gasteiger partial charge in [-0.2, -0.15) is 0 Å². The molecule has 1 aromatic heterocycles. The van der Waals surface area contributed by atoms with E-state index in [1.54, 1.807) is 20.8 Å². The zero-order valence-corrected chi connectivity index (χ0v) is 15.6. The molecule has 0 saturated carbocycles. The number of carbonyl (C=O) groups is 4. The third kappa shape index (κ3) is 4.44. The fraction of sp³-hybridized carbons (Fsp3) is 0.500. The molecule has 0 unspecified atom stereocenters. The number of imide groups is 1. The maximum atomic E-state index is 12.1. The Bertz CT molecular complexity index is 727. The number of aryl methyl sites for hydroxylation is 1. The van der Waals surface area contributed by atoms with Gasteiger partial charge in [0.15, 0.2) is 6.61 Å². The van der Waals surface area contributed by atoms with Crippen LogP contribution in [-0.2, 0) is 14.3 Å². The second-order valence-electron chi connectivity index (χ2n) is 5.87. The summed E-state index contributed by atoms with van der Waals surface area (Å²) in [5.41, 5.74) is 2.05. The van der Waals surface area contributed by atoms with Gasteiger partial charge >= 0.3 is 5.97 Å². The number of thioether (sulfide) groups is 1. The molecule has 3 N–H and O–H groups in total. The smallest absolute Gasteiger partial charge is 0.355 e. The first-order valence-electron chi connectivity index (χ1n) is 8.00. The first kappa shape index (κ1) is 20.0. The first-order valence-corrected chi connectivity index (χ1v) is 8.99. The van der Waals surface area contributed by atoms with Crippen LogP contribution < -0.4 is 5.32 Å². The van der Waals surface area contributed by atoms with Gasteiger partial charge < -0.3 is 20.1 Å². The highest BCUT2D eigenvalue weighted by molar-refractivity contribution is 8.14. The van der Waals surface area contributed by atoms with E-state index in [-0.39, 0.29) is 35.7 Å². The number of aromatic nitrogens is 1. The van der Waals surface area contributed by atoms with Crippen LogP contribution in [0.3, 0.4) is 0 Å². The Morgan fingerprint density at radius 3 is 2.62 bits per heavy atom. The normalized spacial score (nSPS) is 15.3. The topological polar surface area (TPSA) is 129 Å². The molecule has 0 spiro atoms. The monoisotopic (exact) mass is 383 g/mol. The van der Waals surface area contributed by atoms with Crippen LogP contribution in [0.1, 0.15) is 40.3 Å². The van der Waals surface area contributed by atoms with Crippen LogP contribution in [0.4, 0.5) is 4.79 Å². The Kier molecular flexibility index (Phi) is 6.43. The lowest BCUT2D eigenvalue weighted by molar-refractivity contribution is -0.126. The number of rotatable bonds is 7. The van der Waals surface area contributed by atoms with E-state index in [0.29, 0.717) is 16.8 Å². The van der Waals surface area contributed by atoms with Gasteiger partial charge in [0.2, 0.25) is 5.91 Å². The summed E-state index contributed by atoms with van der Waals surface area (Å²) < 4.78 is 4.97. The number of aliphatic hydroxyl groups is 1. The highest BCUT2D eigenvalue weighted by atomic mass is 32.2. The van der Waals surface area contributed by atoms with Crippen LogP contribution >= 0.6 is 11.8 Å². The predicted molar refractivity (Wildman–Crippen MR) is 93.8 cm³/mol. The van der Waals surface area contributed by atoms with Crippen molar-refractivity contribution in [3.05, 3.63) is 22.5 Å². The Morgan fingerprint density at radius 2 is 2.08 bits per heavy atom. The van der Waals surface area contributed by atoms with E-state index in [0.717, 1.165) is 16.7 Å². The molecule has 0 aromatic carbocycles. The summed E-state index contributed by atoms with van der Waals surface area (Å²) in [5.74, 6) is -1.41. The van der Waals surface area contributed by atoms with E-state index in [4.69, 9.17) is 4.74 Å². The van der Waals surface area contributed by atoms with Crippen LogP contribution in [-0.4, -0.2) is 63.5 Å². The standard InChI is InChI=1S/C16H21N3O6S/c1-8-13(10(3)20)9(2)18-14(8)15(23)25-6-11(21)17-4-5-19-12(22)7-26-16(19)24/h10,18,20H,4-7H2,1-3H3,(H,17,21)/t10-/m0/s1. The lowest BCUT2D eigenvalue weighted by Crippen LogP contribution is -2.38. The summed E-state index contributed by atoms with van der Waals surface area (Å²) in [5, 5.41) is 11.9. The van der Waals surface area contributed by atoms with E-state index >= 15 is 0 Å². The van der Waals surface area contributed by atoms with E-state index in [1.165, 1.54) is 0 Å². The van der Waals surface area contributed by atoms with Crippen molar-refractivity contribution in [1.82, 2.24) is 15.2 Å². The lowest BCUT2D eigenvalue weighted by Gasteiger charge is -2.13. The number of aliphatic hydroxyl groups excluding tert-OH is 1. The minimum Gasteiger partial charge on any atom is -0.451 e. The van der Waals surface area contributed by atoms with Gasteiger partial charge in [-0.1, -0.05) is 11.8 Å². The van der Waals surface area contributed by atoms with Gasteiger partial charge in [0.05, 0.1) is 11.9 Å². The molecule has 1 saturated heterocycles. The van der Waals surface area contributed by atoms with Crippen molar-refractivity contribution in [1.29, 1.82) is 0 Å². The molecular weight excluding hydrogens is 362 g/mol. The van der Waals surface area contributed by atoms with Crippen molar-refractivity contribution in [2.24, 2.45) is 0 Å². The van der Waals surface area contributed by atoms with Crippen molar-refractivity contribution in [2.75, 3.05) is 25.4 Å². The highest BCUT2D eigenvalue weighted by Gasteiger charge is 2.29. The minimum absolute atomic E-state index is 0.0804. The van der Waals surface area contributed by atoms with Crippen molar-refractivity contribution in [3.63, 3.8) is 0 Å². The quantitative estimate of drug-likeness (QED) is 0.590. The molecule has 0 radical (unpaired) electrons. The molecule has 3 amide bonds. The molecule has 9 nitrogen and oxygen atoms in total. The molecule has 0 aliphatic carbocycles. The van der Waals surface area contributed by atoms with E-state index < -0.39 is 24.6 Å². The van der Waals surface area contributed by atoms with Crippen LogP contribution in [0.2, 0.25) is 0 Å². The molecule has 26 heavy (non-hydrogen) atoms. The Morgan fingerprint density at radius 1 is 1.38 bits per heavy atom. The Labute approximate surface area is 154 Å². The van der Waals surface area contributed by atoms with Crippen LogP contribution in [0.15, 0.2) is 0 Å². The van der Waals surface area contributed by atoms with Crippen LogP contribution in [0.5, 0.6) is 0 Å². The first-order chi connectivity index (χ1) is 12.2. The lowest BCUT2D eigenvalue weighted by atomic mass is 10.1. The Balaban J connectivity index is 1.80. The average Bonchev–Trinajstić information content (AvgIpc) is 3.05. The zero-order chi connectivity index (χ0) is 19.4. The van der Waals surface area contributed by atoms with Crippen LogP contribution in [0.25, 0.3) is 0 Å². The molecule has 10 heteroatoms. The third-order valence-corrected chi connectivity index (χ3v) is 4.81. The van der Waals surface area contributed by atoms with Gasteiger partial charge in [-0.25, -0.2) is 4.79 Å². The number of esters is 1. The second-order valence-corrected chi connectivity index (χ2v) is 6.79. The van der Waals surface area contributed by atoms with Crippen molar-refractivity contribution < 1.29 is 29.0 Å². The van der Waals surface area contributed by atoms with Crippen molar-refractivity contribution >= 4 is 34.8 Å². The van der Waals surface area contributed by atoms with Crippen molar-refractivity contribution in [2.45, 2.75) is 26.9 Å². The van der Waals surface area contributed by atoms with Gasteiger partial charge in [-0.15, -0.1) is 0 Å². The summed E-state index contributed by atoms with van der Waals surface area (Å²) in [6, 6.07) is 0. The summed E-state index contributed by atoms with van der Waals surface area (Å²) >= 11 is 0.925. The number of aromatic amines is 1. The zero-order valence-electron chi connectivity index (χ0n) is 14.7. The third-order valence-electron chi connectivity index (χ3n) is 3.95. The minimum atomic E-state index is -0.731. The average molecular weight is 383 g/mol. The maximum Gasteiger partial charge on any atom is 0.355 e. The molecule has 1 atom stereocenters. The van der Waals surface area contributed by atoms with E-state index in [1.807, 2.05) is 0 Å². The summed E-state index contributed by atoms with van der Waals surface area (Å²) in [6.45, 7) is 4.69. The second kappa shape index (κ2) is 8.37. The molecule has 142 valence electrons. The van der Waals surface area contributed by atoms with Gasteiger partial charge in [0, 0.05) is 24.3 Å². The number of nitrogens with zero attached hydrogens (tertiary/aromatic N) is 1. The van der Waals surface area contributed by atoms with Crippen molar-refractivity contribution in [3.8, 4) is 0 Å². The van der Waals surface area contributed by atoms with E-state index in [2.05, 4.69) is 10.3 Å². The molecule has 1 aromatic rings. The predicted octanol–water partition coefficient (Wildman–Crippen LogP) is 0.653. The molecule has 1 aliphatic heterocycles. The number of hydrogen-bond donors (Lipinski definition) is 3. The number of hydrogen-bond acceptors (Lipinski definition) is 7. The number of amides is 3. The van der Waals surface area contributed by atoms with Gasteiger partial charge in [0.25, 0.3) is 11.1 Å². The summed E-state index contributed by atoms with van der Waals surface area (Å²) in [4.78, 5) is 50.6. The fourth-order valence-corrected chi connectivity index (χ4v) is 3.51. The molecular formula is C16H21N3O6S. The van der Waals surface area contributed by atoms with Gasteiger partial charge in [-0.3, -0.25) is 19.3 Å². The molecule has 1 aliphatic rings. The number of ether oxygens (including phenoxy) is 1. The molecule has 1 fully saturated rings. The van der Waals surface area contributed by atoms with Gasteiger partial charge in [0.1, 0.15) is 5.69 Å². The fourth-order valence-electron chi connectivity index (χ4n) is 2.75. The summed E-state index contributed by atoms with van der Waals surface area (Å²) in [6.07, 6.45) is -0.731. The molecule has 0 bridgehead atoms. The Hall–Kier alpha value is -2.33. The number of carbonyl (C=O) groups excluding carboxylic acids is 4. The molecule has 2 rings (SSSR count). The molecule has 2 heterocycles. The van der Waals surface area contributed by atoms with E-state index in [9.17, 15) is 24.3 Å². The largest absolute Gasteiger partial charge is 0.451 e.